The monoisotopic (exact) mass is 440 g/mol. The van der Waals surface area contributed by atoms with Gasteiger partial charge in [0, 0.05) is 30.1 Å². The number of hydrogen-bond donors (Lipinski definition) is 0. The molecular weight excluding hydrogens is 410 g/mol. The molecule has 170 valence electrons. The molecule has 2 aromatic carbocycles. The number of hydrogen-bond acceptors (Lipinski definition) is 3. The van der Waals surface area contributed by atoms with Gasteiger partial charge in [-0.3, -0.25) is 9.69 Å². The molecule has 5 rings (SSSR count). The molecule has 1 aliphatic carbocycles. The number of anilines is 1. The summed E-state index contributed by atoms with van der Waals surface area (Å²) < 4.78 is 32.4. The molecule has 2 aromatic rings. The van der Waals surface area contributed by atoms with Gasteiger partial charge >= 0.3 is 0 Å². The first-order valence-corrected chi connectivity index (χ1v) is 11.7. The smallest absolute Gasteiger partial charge is 0.230 e. The third-order valence-corrected chi connectivity index (χ3v) is 7.70. The second kappa shape index (κ2) is 8.47. The third-order valence-electron chi connectivity index (χ3n) is 7.70. The summed E-state index contributed by atoms with van der Waals surface area (Å²) in [5.74, 6) is -0.366. The Balaban J connectivity index is 1.36. The Bertz CT molecular complexity index is 1010. The molecule has 0 radical (unpaired) electrons. The molecular formula is C26H30F2N2O2. The number of ether oxygens (including phenoxy) is 1. The molecule has 4 nitrogen and oxygen atoms in total. The molecule has 0 aromatic heterocycles. The van der Waals surface area contributed by atoms with Gasteiger partial charge in [-0.1, -0.05) is 18.9 Å². The van der Waals surface area contributed by atoms with Crippen molar-refractivity contribution < 1.29 is 18.3 Å². The number of fused-ring (bicyclic) bond motifs is 2. The van der Waals surface area contributed by atoms with Crippen LogP contribution in [-0.2, 0) is 16.8 Å². The van der Waals surface area contributed by atoms with Crippen molar-refractivity contribution in [2.45, 2.75) is 50.5 Å². The van der Waals surface area contributed by atoms with E-state index in [-0.39, 0.29) is 17.2 Å². The van der Waals surface area contributed by atoms with Gasteiger partial charge in [0.25, 0.3) is 0 Å². The van der Waals surface area contributed by atoms with Crippen LogP contribution >= 0.6 is 0 Å². The summed E-state index contributed by atoms with van der Waals surface area (Å²) >= 11 is 0. The van der Waals surface area contributed by atoms with Gasteiger partial charge in [-0.2, -0.15) is 0 Å². The van der Waals surface area contributed by atoms with Crippen LogP contribution in [0.2, 0.25) is 0 Å². The first-order valence-electron chi connectivity index (χ1n) is 11.7. The minimum atomic E-state index is -0.810. The normalized spacial score (nSPS) is 20.7. The molecule has 32 heavy (non-hydrogen) atoms. The Hall–Kier alpha value is -2.47. The maximum atomic E-state index is 13.6. The molecule has 1 amide bonds. The van der Waals surface area contributed by atoms with Crippen LogP contribution in [0.15, 0.2) is 36.4 Å². The van der Waals surface area contributed by atoms with E-state index in [9.17, 15) is 13.6 Å². The van der Waals surface area contributed by atoms with E-state index in [1.807, 2.05) is 17.0 Å². The molecule has 6 heteroatoms. The summed E-state index contributed by atoms with van der Waals surface area (Å²) in [6.07, 6.45) is 6.12. The first kappa shape index (κ1) is 21.4. The number of amides is 1. The van der Waals surface area contributed by atoms with Crippen molar-refractivity contribution in [3.63, 3.8) is 0 Å². The van der Waals surface area contributed by atoms with Gasteiger partial charge in [0.05, 0.1) is 7.11 Å². The lowest BCUT2D eigenvalue weighted by atomic mass is 9.74. The van der Waals surface area contributed by atoms with E-state index < -0.39 is 11.6 Å². The maximum absolute atomic E-state index is 13.6. The second-order valence-corrected chi connectivity index (χ2v) is 9.59. The number of carbonyl (C=O) groups excluding carboxylic acids is 1. The maximum Gasteiger partial charge on any atom is 0.230 e. The first-order chi connectivity index (χ1) is 15.5. The number of halogens is 2. The Kier molecular flexibility index (Phi) is 5.66. The van der Waals surface area contributed by atoms with Crippen LogP contribution in [0.5, 0.6) is 5.75 Å². The number of benzene rings is 2. The quantitative estimate of drug-likeness (QED) is 0.668. The van der Waals surface area contributed by atoms with Crippen LogP contribution in [0.3, 0.4) is 0 Å². The van der Waals surface area contributed by atoms with Crippen molar-refractivity contribution in [1.82, 2.24) is 4.90 Å². The van der Waals surface area contributed by atoms with E-state index in [1.165, 1.54) is 17.7 Å². The van der Waals surface area contributed by atoms with Crippen molar-refractivity contribution in [1.29, 1.82) is 0 Å². The Morgan fingerprint density at radius 3 is 2.50 bits per heavy atom. The largest absolute Gasteiger partial charge is 0.497 e. The number of piperidine rings is 1. The van der Waals surface area contributed by atoms with Gasteiger partial charge in [-0.15, -0.1) is 0 Å². The standard InChI is InChI=1S/C26H30F2N2O2/c1-32-20-7-9-24-21(15-20)26(17-30(24)25(31)19-4-2-3-5-19)10-12-29(13-11-26)16-18-6-8-22(27)23(28)14-18/h6-9,14-15,19H,2-5,10-13,16-17H2,1H3. The summed E-state index contributed by atoms with van der Waals surface area (Å²) in [7, 11) is 1.68. The average Bonchev–Trinajstić information content (AvgIpc) is 3.45. The van der Waals surface area contributed by atoms with Crippen molar-refractivity contribution in [3.05, 3.63) is 59.2 Å². The van der Waals surface area contributed by atoms with Gasteiger partial charge in [-0.05, 0) is 80.2 Å². The van der Waals surface area contributed by atoms with Crippen LogP contribution in [0.25, 0.3) is 0 Å². The summed E-state index contributed by atoms with van der Waals surface area (Å²) in [5, 5.41) is 0. The van der Waals surface area contributed by atoms with Gasteiger partial charge in [0.15, 0.2) is 11.6 Å². The van der Waals surface area contributed by atoms with Gasteiger partial charge in [0.1, 0.15) is 5.75 Å². The molecule has 3 aliphatic rings. The Labute approximate surface area is 188 Å². The lowest BCUT2D eigenvalue weighted by Gasteiger charge is -2.40. The summed E-state index contributed by atoms with van der Waals surface area (Å²) in [4.78, 5) is 17.7. The highest BCUT2D eigenvalue weighted by Crippen LogP contribution is 2.49. The highest BCUT2D eigenvalue weighted by atomic mass is 19.2. The zero-order valence-corrected chi connectivity index (χ0v) is 18.6. The minimum Gasteiger partial charge on any atom is -0.497 e. The Morgan fingerprint density at radius 1 is 1.06 bits per heavy atom. The van der Waals surface area contributed by atoms with Crippen LogP contribution in [0, 0.1) is 17.6 Å². The van der Waals surface area contributed by atoms with E-state index in [1.54, 1.807) is 13.2 Å². The topological polar surface area (TPSA) is 32.8 Å². The van der Waals surface area contributed by atoms with Gasteiger partial charge < -0.3 is 9.64 Å². The molecule has 1 saturated carbocycles. The van der Waals surface area contributed by atoms with Crippen LogP contribution in [-0.4, -0.2) is 37.6 Å². The van der Waals surface area contributed by atoms with Gasteiger partial charge in [-0.25, -0.2) is 8.78 Å². The number of methoxy groups -OCH3 is 1. The number of rotatable bonds is 4. The zero-order valence-electron chi connectivity index (χ0n) is 18.6. The molecule has 0 bridgehead atoms. The number of carbonyl (C=O) groups is 1. The summed E-state index contributed by atoms with van der Waals surface area (Å²) in [6.45, 7) is 3.02. The number of nitrogens with zero attached hydrogens (tertiary/aromatic N) is 2. The molecule has 0 N–H and O–H groups in total. The fourth-order valence-corrected chi connectivity index (χ4v) is 5.83. The highest BCUT2D eigenvalue weighted by molar-refractivity contribution is 5.98. The highest BCUT2D eigenvalue weighted by Gasteiger charge is 2.47. The van der Waals surface area contributed by atoms with Crippen molar-refractivity contribution in [3.8, 4) is 5.75 Å². The van der Waals surface area contributed by atoms with E-state index in [2.05, 4.69) is 11.0 Å². The molecule has 1 saturated heterocycles. The molecule has 1 spiro atoms. The van der Waals surface area contributed by atoms with Crippen LogP contribution in [0.4, 0.5) is 14.5 Å². The molecule has 2 fully saturated rings. The number of likely N-dealkylation sites (tertiary alicyclic amines) is 1. The third kappa shape index (κ3) is 3.79. The summed E-state index contributed by atoms with van der Waals surface area (Å²) in [6, 6.07) is 10.2. The fourth-order valence-electron chi connectivity index (χ4n) is 5.83. The lowest BCUT2D eigenvalue weighted by molar-refractivity contribution is -0.122. The van der Waals surface area contributed by atoms with Crippen molar-refractivity contribution >= 4 is 11.6 Å². The summed E-state index contributed by atoms with van der Waals surface area (Å²) in [5.41, 5.74) is 2.96. The van der Waals surface area contributed by atoms with Crippen molar-refractivity contribution in [2.24, 2.45) is 5.92 Å². The second-order valence-electron chi connectivity index (χ2n) is 9.59. The van der Waals surface area contributed by atoms with E-state index in [0.717, 1.165) is 75.2 Å². The molecule has 0 unspecified atom stereocenters. The average molecular weight is 441 g/mol. The van der Waals surface area contributed by atoms with Crippen LogP contribution in [0.1, 0.15) is 49.7 Å². The minimum absolute atomic E-state index is 0.0807. The predicted molar refractivity (Wildman–Crippen MR) is 120 cm³/mol. The van der Waals surface area contributed by atoms with Crippen LogP contribution < -0.4 is 9.64 Å². The lowest BCUT2D eigenvalue weighted by Crippen LogP contribution is -2.46. The zero-order chi connectivity index (χ0) is 22.3. The Morgan fingerprint density at radius 2 is 1.81 bits per heavy atom. The SMILES string of the molecule is COc1ccc2c(c1)C1(CCN(Cc3ccc(F)c(F)c3)CC1)CN2C(=O)C1CCCC1. The van der Waals surface area contributed by atoms with E-state index in [4.69, 9.17) is 4.74 Å². The predicted octanol–water partition coefficient (Wildman–Crippen LogP) is 5.04. The molecule has 2 heterocycles. The molecule has 0 atom stereocenters. The van der Waals surface area contributed by atoms with Gasteiger partial charge in [0.2, 0.25) is 5.91 Å². The fraction of sp³-hybridized carbons (Fsp3) is 0.500. The van der Waals surface area contributed by atoms with E-state index >= 15 is 0 Å². The van der Waals surface area contributed by atoms with Crippen molar-refractivity contribution in [2.75, 3.05) is 31.6 Å². The molecule has 2 aliphatic heterocycles. The van der Waals surface area contributed by atoms with E-state index in [0.29, 0.717) is 6.54 Å².